The maximum absolute atomic E-state index is 13.5. The van der Waals surface area contributed by atoms with E-state index in [1.54, 1.807) is 0 Å². The molecule has 1 fully saturated rings. The van der Waals surface area contributed by atoms with Crippen LogP contribution < -0.4 is 0 Å². The Morgan fingerprint density at radius 3 is 2.12 bits per heavy atom. The maximum Gasteiger partial charge on any atom is 0.312 e. The fourth-order valence-electron chi connectivity index (χ4n) is 1.89. The Morgan fingerprint density at radius 2 is 1.62 bits per heavy atom. The van der Waals surface area contributed by atoms with Gasteiger partial charge in [0.2, 0.25) is 0 Å². The van der Waals surface area contributed by atoms with Gasteiger partial charge >= 0.3 is 5.92 Å². The Labute approximate surface area is 97.8 Å². The lowest BCUT2D eigenvalue weighted by atomic mass is 9.86. The van der Waals surface area contributed by atoms with Crippen LogP contribution in [0.2, 0.25) is 0 Å². The normalized spacial score (nSPS) is 19.1. The third kappa shape index (κ3) is 3.77. The molecule has 0 N–H and O–H groups in total. The Hall–Kier alpha value is -0.580. The summed E-state index contributed by atoms with van der Waals surface area (Å²) in [7, 11) is 0. The smallest absolute Gasteiger partial charge is 0.191 e. The van der Waals surface area contributed by atoms with Crippen LogP contribution in [0, 0.1) is 23.2 Å². The average molecular weight is 228 g/mol. The molecule has 2 heteroatoms. The van der Waals surface area contributed by atoms with Gasteiger partial charge in [-0.2, -0.15) is 8.78 Å². The summed E-state index contributed by atoms with van der Waals surface area (Å²) in [5, 5.41) is 0. The lowest BCUT2D eigenvalue weighted by Gasteiger charge is -2.25. The van der Waals surface area contributed by atoms with E-state index in [-0.39, 0.29) is 0 Å². The Kier molecular flexibility index (Phi) is 4.35. The predicted molar refractivity (Wildman–Crippen MR) is 63.4 cm³/mol. The van der Waals surface area contributed by atoms with Gasteiger partial charge in [-0.05, 0) is 24.7 Å². The summed E-state index contributed by atoms with van der Waals surface area (Å²) >= 11 is 0. The molecule has 0 nitrogen and oxygen atoms in total. The quantitative estimate of drug-likeness (QED) is 0.573. The van der Waals surface area contributed by atoms with E-state index in [1.807, 2.05) is 0 Å². The summed E-state index contributed by atoms with van der Waals surface area (Å²) < 4.78 is 27.0. The van der Waals surface area contributed by atoms with E-state index in [0.717, 1.165) is 12.8 Å². The largest absolute Gasteiger partial charge is 0.312 e. The van der Waals surface area contributed by atoms with Gasteiger partial charge in [0.25, 0.3) is 0 Å². The van der Waals surface area contributed by atoms with Gasteiger partial charge < -0.3 is 0 Å². The van der Waals surface area contributed by atoms with Crippen molar-refractivity contribution in [2.75, 3.05) is 0 Å². The van der Waals surface area contributed by atoms with Crippen molar-refractivity contribution in [1.82, 2.24) is 0 Å². The monoisotopic (exact) mass is 228 g/mol. The van der Waals surface area contributed by atoms with Crippen molar-refractivity contribution in [3.05, 3.63) is 0 Å². The number of hydrogen-bond acceptors (Lipinski definition) is 0. The minimum atomic E-state index is -2.87. The van der Waals surface area contributed by atoms with Gasteiger partial charge in [-0.25, -0.2) is 0 Å². The van der Waals surface area contributed by atoms with Gasteiger partial charge in [0.1, 0.15) is 0 Å². The van der Waals surface area contributed by atoms with Gasteiger partial charge in [0.05, 0.1) is 0 Å². The fraction of sp³-hybridized carbons (Fsp3) is 0.857. The molecule has 0 aromatic rings. The van der Waals surface area contributed by atoms with Gasteiger partial charge in [0, 0.05) is 11.8 Å². The van der Waals surface area contributed by atoms with E-state index in [4.69, 9.17) is 0 Å². The first-order valence-corrected chi connectivity index (χ1v) is 6.21. The minimum absolute atomic E-state index is 0.553. The van der Waals surface area contributed by atoms with Crippen LogP contribution in [0.5, 0.6) is 0 Å². The molecule has 0 aromatic carbocycles. The van der Waals surface area contributed by atoms with Crippen LogP contribution in [-0.2, 0) is 0 Å². The minimum Gasteiger partial charge on any atom is -0.191 e. The van der Waals surface area contributed by atoms with Gasteiger partial charge in [-0.1, -0.05) is 46.0 Å². The van der Waals surface area contributed by atoms with Crippen LogP contribution in [0.4, 0.5) is 8.78 Å². The molecule has 0 heterocycles. The first kappa shape index (κ1) is 13.5. The van der Waals surface area contributed by atoms with Crippen molar-refractivity contribution in [1.29, 1.82) is 0 Å². The molecule has 92 valence electrons. The first-order chi connectivity index (χ1) is 7.33. The number of halogens is 2. The van der Waals surface area contributed by atoms with Crippen LogP contribution >= 0.6 is 0 Å². The molecule has 0 amide bonds. The third-order valence-electron chi connectivity index (χ3n) is 3.30. The second-order valence-corrected chi connectivity index (χ2v) is 5.83. The van der Waals surface area contributed by atoms with Gasteiger partial charge in [0.15, 0.2) is 0 Å². The van der Waals surface area contributed by atoms with Crippen molar-refractivity contribution in [3.63, 3.8) is 0 Å². The van der Waals surface area contributed by atoms with Crippen LogP contribution in [0.3, 0.4) is 0 Å². The molecular formula is C14H22F2. The second kappa shape index (κ2) is 5.17. The fourth-order valence-corrected chi connectivity index (χ4v) is 1.89. The molecule has 16 heavy (non-hydrogen) atoms. The van der Waals surface area contributed by atoms with Crippen molar-refractivity contribution < 1.29 is 8.78 Å². The molecule has 0 saturated heterocycles. The average Bonchev–Trinajstić information content (AvgIpc) is 2.17. The highest BCUT2D eigenvalue weighted by atomic mass is 19.3. The standard InChI is InChI=1S/C14H22F2/c1-13(2,3)14(15,16)11-7-10-12-8-5-4-6-9-12/h12H,4-6,8-10H2,1-3H3. The lowest BCUT2D eigenvalue weighted by molar-refractivity contribution is -0.0404. The van der Waals surface area contributed by atoms with E-state index in [9.17, 15) is 8.78 Å². The van der Waals surface area contributed by atoms with Crippen LogP contribution in [-0.4, -0.2) is 5.92 Å². The van der Waals surface area contributed by atoms with Crippen LogP contribution in [0.25, 0.3) is 0 Å². The molecule has 0 aromatic heterocycles. The Bertz CT molecular complexity index is 269. The van der Waals surface area contributed by atoms with E-state index < -0.39 is 11.3 Å². The van der Waals surface area contributed by atoms with Gasteiger partial charge in [-0.15, -0.1) is 0 Å². The van der Waals surface area contributed by atoms with Crippen molar-refractivity contribution in [3.8, 4) is 11.8 Å². The van der Waals surface area contributed by atoms with E-state index in [2.05, 4.69) is 11.8 Å². The number of rotatable bonds is 1. The summed E-state index contributed by atoms with van der Waals surface area (Å²) in [6.45, 7) is 4.59. The zero-order valence-electron chi connectivity index (χ0n) is 10.6. The summed E-state index contributed by atoms with van der Waals surface area (Å²) in [4.78, 5) is 0. The Balaban J connectivity index is 2.47. The molecule has 1 rings (SSSR count). The Morgan fingerprint density at radius 1 is 1.06 bits per heavy atom. The zero-order chi connectivity index (χ0) is 12.2. The number of alkyl halides is 2. The highest BCUT2D eigenvalue weighted by molar-refractivity contribution is 5.13. The molecule has 0 radical (unpaired) electrons. The summed E-state index contributed by atoms with van der Waals surface area (Å²) in [5.74, 6) is 2.54. The van der Waals surface area contributed by atoms with Crippen LogP contribution in [0.1, 0.15) is 59.3 Å². The molecule has 1 saturated carbocycles. The highest BCUT2D eigenvalue weighted by Crippen LogP contribution is 2.35. The predicted octanol–water partition coefficient (Wildman–Crippen LogP) is 4.64. The second-order valence-electron chi connectivity index (χ2n) is 5.83. The molecular weight excluding hydrogens is 206 g/mol. The van der Waals surface area contributed by atoms with E-state index in [1.165, 1.54) is 40.0 Å². The van der Waals surface area contributed by atoms with Crippen molar-refractivity contribution >= 4 is 0 Å². The first-order valence-electron chi connectivity index (χ1n) is 6.21. The summed E-state index contributed by atoms with van der Waals surface area (Å²) in [5.41, 5.74) is -1.06. The third-order valence-corrected chi connectivity index (χ3v) is 3.30. The van der Waals surface area contributed by atoms with E-state index >= 15 is 0 Å². The zero-order valence-corrected chi connectivity index (χ0v) is 10.6. The molecule has 1 aliphatic carbocycles. The van der Waals surface area contributed by atoms with E-state index in [0.29, 0.717) is 12.3 Å². The summed E-state index contributed by atoms with van der Waals surface area (Å²) in [6.07, 6.45) is 6.74. The maximum atomic E-state index is 13.5. The molecule has 0 aliphatic heterocycles. The lowest BCUT2D eigenvalue weighted by Crippen LogP contribution is -2.32. The van der Waals surface area contributed by atoms with Crippen molar-refractivity contribution in [2.45, 2.75) is 65.2 Å². The van der Waals surface area contributed by atoms with Gasteiger partial charge in [-0.3, -0.25) is 0 Å². The number of hydrogen-bond donors (Lipinski definition) is 0. The molecule has 1 aliphatic rings. The topological polar surface area (TPSA) is 0 Å². The molecule has 0 atom stereocenters. The van der Waals surface area contributed by atoms with Crippen molar-refractivity contribution in [2.24, 2.45) is 11.3 Å². The molecule has 0 spiro atoms. The molecule has 0 unspecified atom stereocenters. The highest BCUT2D eigenvalue weighted by Gasteiger charge is 2.41. The molecule has 0 bridgehead atoms. The SMILES string of the molecule is CC(C)(C)C(F)(F)C#CCC1CCCCC1. The summed E-state index contributed by atoms with van der Waals surface area (Å²) in [6, 6.07) is 0. The van der Waals surface area contributed by atoms with Crippen LogP contribution in [0.15, 0.2) is 0 Å².